The molecule has 0 fully saturated rings. The first kappa shape index (κ1) is 22.9. The fourth-order valence-electron chi connectivity index (χ4n) is 4.22. The molecular formula is C20H38O4. The molecule has 0 bridgehead atoms. The third-order valence-electron chi connectivity index (χ3n) is 5.16. The van der Waals surface area contributed by atoms with E-state index in [9.17, 15) is 19.8 Å². The number of carboxylic acid groups (broad SMARTS) is 2. The molecule has 0 rings (SSSR count). The van der Waals surface area contributed by atoms with Gasteiger partial charge in [0, 0.05) is 0 Å². The van der Waals surface area contributed by atoms with Gasteiger partial charge in [-0.25, -0.2) is 0 Å². The van der Waals surface area contributed by atoms with Crippen LogP contribution in [0.5, 0.6) is 0 Å². The van der Waals surface area contributed by atoms with Gasteiger partial charge in [-0.3, -0.25) is 9.59 Å². The third-order valence-corrected chi connectivity index (χ3v) is 5.16. The maximum Gasteiger partial charge on any atom is 0.310 e. The molecule has 2 unspecified atom stereocenters. The quantitative estimate of drug-likeness (QED) is 0.457. The van der Waals surface area contributed by atoms with E-state index in [0.717, 1.165) is 25.7 Å². The van der Waals surface area contributed by atoms with Gasteiger partial charge in [0.1, 0.15) is 0 Å². The highest BCUT2D eigenvalue weighted by molar-refractivity contribution is 5.86. The summed E-state index contributed by atoms with van der Waals surface area (Å²) in [7, 11) is 0. The standard InChI is InChI=1S/C20H38O4/c1-7-9-11-19(17(21)22,13-15(3)4)20(18(23)24,12-10-8-2)14-16(5)6/h15-16H,7-14H2,1-6H3,(H,21,22)(H,23,24). The summed E-state index contributed by atoms with van der Waals surface area (Å²) in [5.74, 6) is -1.57. The van der Waals surface area contributed by atoms with Crippen molar-refractivity contribution in [3.63, 3.8) is 0 Å². The van der Waals surface area contributed by atoms with E-state index in [1.807, 2.05) is 41.5 Å². The van der Waals surface area contributed by atoms with E-state index >= 15 is 0 Å². The second-order valence-electron chi connectivity index (χ2n) is 8.18. The lowest BCUT2D eigenvalue weighted by atomic mass is 9.53. The van der Waals surface area contributed by atoms with Gasteiger partial charge >= 0.3 is 11.9 Å². The van der Waals surface area contributed by atoms with Crippen molar-refractivity contribution in [1.29, 1.82) is 0 Å². The lowest BCUT2D eigenvalue weighted by Crippen LogP contribution is -2.54. The fourth-order valence-corrected chi connectivity index (χ4v) is 4.22. The first-order valence-corrected chi connectivity index (χ1v) is 9.56. The summed E-state index contributed by atoms with van der Waals surface area (Å²) in [5, 5.41) is 20.5. The van der Waals surface area contributed by atoms with E-state index in [2.05, 4.69) is 0 Å². The minimum atomic E-state index is -1.19. The molecule has 0 aromatic carbocycles. The lowest BCUT2D eigenvalue weighted by molar-refractivity contribution is -0.181. The van der Waals surface area contributed by atoms with Crippen molar-refractivity contribution in [1.82, 2.24) is 0 Å². The average molecular weight is 343 g/mol. The highest BCUT2D eigenvalue weighted by atomic mass is 16.4. The van der Waals surface area contributed by atoms with Crippen LogP contribution in [-0.2, 0) is 9.59 Å². The molecule has 0 spiro atoms. The first-order valence-electron chi connectivity index (χ1n) is 9.56. The van der Waals surface area contributed by atoms with Crippen LogP contribution in [0.4, 0.5) is 0 Å². The van der Waals surface area contributed by atoms with Crippen LogP contribution in [0.2, 0.25) is 0 Å². The highest BCUT2D eigenvalue weighted by Gasteiger charge is 2.60. The van der Waals surface area contributed by atoms with Crippen LogP contribution in [0.15, 0.2) is 0 Å². The minimum Gasteiger partial charge on any atom is -0.481 e. The number of carbonyl (C=O) groups is 2. The van der Waals surface area contributed by atoms with Crippen LogP contribution < -0.4 is 0 Å². The zero-order chi connectivity index (χ0) is 19.0. The predicted octanol–water partition coefficient (Wildman–Crippen LogP) is 5.60. The van der Waals surface area contributed by atoms with Gasteiger partial charge in [0.25, 0.3) is 0 Å². The van der Waals surface area contributed by atoms with Gasteiger partial charge in [-0.05, 0) is 37.5 Å². The third kappa shape index (κ3) is 5.22. The number of hydrogen-bond donors (Lipinski definition) is 2. The number of hydrogen-bond acceptors (Lipinski definition) is 2. The second kappa shape index (κ2) is 10.0. The first-order chi connectivity index (χ1) is 11.1. The summed E-state index contributed by atoms with van der Waals surface area (Å²) in [6.45, 7) is 12.0. The maximum atomic E-state index is 12.5. The summed E-state index contributed by atoms with van der Waals surface area (Å²) in [5.41, 5.74) is -2.38. The van der Waals surface area contributed by atoms with Crippen molar-refractivity contribution in [2.24, 2.45) is 22.7 Å². The Hall–Kier alpha value is -1.06. The Balaban J connectivity index is 6.35. The Morgan fingerprint density at radius 3 is 1.21 bits per heavy atom. The molecule has 2 N–H and O–H groups in total. The molecule has 0 heterocycles. The molecule has 0 aromatic rings. The van der Waals surface area contributed by atoms with Crippen molar-refractivity contribution in [2.75, 3.05) is 0 Å². The number of rotatable bonds is 13. The van der Waals surface area contributed by atoms with E-state index in [0.29, 0.717) is 25.7 Å². The van der Waals surface area contributed by atoms with Crippen molar-refractivity contribution >= 4 is 11.9 Å². The van der Waals surface area contributed by atoms with Crippen LogP contribution in [0.1, 0.15) is 92.9 Å². The summed E-state index contributed by atoms with van der Waals surface area (Å²) < 4.78 is 0. The van der Waals surface area contributed by atoms with Gasteiger partial charge in [-0.15, -0.1) is 0 Å². The van der Waals surface area contributed by atoms with E-state index in [-0.39, 0.29) is 11.8 Å². The zero-order valence-corrected chi connectivity index (χ0v) is 16.5. The molecule has 0 aliphatic carbocycles. The van der Waals surface area contributed by atoms with Gasteiger partial charge in [-0.1, -0.05) is 67.2 Å². The van der Waals surface area contributed by atoms with E-state index in [4.69, 9.17) is 0 Å². The van der Waals surface area contributed by atoms with Gasteiger partial charge in [-0.2, -0.15) is 0 Å². The molecule has 0 aliphatic heterocycles. The van der Waals surface area contributed by atoms with E-state index in [1.165, 1.54) is 0 Å². The molecule has 0 saturated heterocycles. The van der Waals surface area contributed by atoms with Crippen LogP contribution in [0.3, 0.4) is 0 Å². The molecule has 4 nitrogen and oxygen atoms in total. The van der Waals surface area contributed by atoms with Crippen molar-refractivity contribution in [2.45, 2.75) is 92.9 Å². The van der Waals surface area contributed by atoms with Gasteiger partial charge in [0.05, 0.1) is 10.8 Å². The molecule has 0 saturated carbocycles. The maximum absolute atomic E-state index is 12.5. The molecule has 0 aromatic heterocycles. The Labute approximate surface area is 148 Å². The van der Waals surface area contributed by atoms with Crippen LogP contribution in [0.25, 0.3) is 0 Å². The Morgan fingerprint density at radius 1 is 0.750 bits per heavy atom. The number of carboxylic acids is 2. The van der Waals surface area contributed by atoms with Gasteiger partial charge in [0.15, 0.2) is 0 Å². The Kier molecular flexibility index (Phi) is 9.61. The summed E-state index contributed by atoms with van der Waals surface area (Å²) >= 11 is 0. The summed E-state index contributed by atoms with van der Waals surface area (Å²) in [6.07, 6.45) is 4.97. The van der Waals surface area contributed by atoms with Crippen molar-refractivity contribution < 1.29 is 19.8 Å². The van der Waals surface area contributed by atoms with Crippen molar-refractivity contribution in [3.8, 4) is 0 Å². The monoisotopic (exact) mass is 342 g/mol. The molecule has 142 valence electrons. The minimum absolute atomic E-state index is 0.144. The van der Waals surface area contributed by atoms with E-state index in [1.54, 1.807) is 0 Å². The number of unbranched alkanes of at least 4 members (excludes halogenated alkanes) is 2. The summed E-state index contributed by atoms with van der Waals surface area (Å²) in [6, 6.07) is 0. The lowest BCUT2D eigenvalue weighted by Gasteiger charge is -2.47. The molecular weight excluding hydrogens is 304 g/mol. The smallest absolute Gasteiger partial charge is 0.310 e. The van der Waals surface area contributed by atoms with Crippen LogP contribution in [-0.4, -0.2) is 22.2 Å². The van der Waals surface area contributed by atoms with Gasteiger partial charge in [0.2, 0.25) is 0 Å². The van der Waals surface area contributed by atoms with Gasteiger partial charge < -0.3 is 10.2 Å². The van der Waals surface area contributed by atoms with Crippen LogP contribution in [0, 0.1) is 22.7 Å². The molecule has 24 heavy (non-hydrogen) atoms. The predicted molar refractivity (Wildman–Crippen MR) is 98.1 cm³/mol. The molecule has 2 atom stereocenters. The molecule has 0 radical (unpaired) electrons. The van der Waals surface area contributed by atoms with E-state index < -0.39 is 22.8 Å². The molecule has 0 amide bonds. The van der Waals surface area contributed by atoms with Crippen molar-refractivity contribution in [3.05, 3.63) is 0 Å². The zero-order valence-electron chi connectivity index (χ0n) is 16.5. The SMILES string of the molecule is CCCCC(CC(C)C)(C(=O)O)C(CCCC)(CC(C)C)C(=O)O. The largest absolute Gasteiger partial charge is 0.481 e. The normalized spacial score (nSPS) is 16.8. The number of aliphatic carboxylic acids is 2. The molecule has 4 heteroatoms. The highest BCUT2D eigenvalue weighted by Crippen LogP contribution is 2.54. The Morgan fingerprint density at radius 2 is 1.04 bits per heavy atom. The van der Waals surface area contributed by atoms with Crippen LogP contribution >= 0.6 is 0 Å². The Bertz CT molecular complexity index is 364. The fraction of sp³-hybridized carbons (Fsp3) is 0.900. The summed E-state index contributed by atoms with van der Waals surface area (Å²) in [4.78, 5) is 25.0. The average Bonchev–Trinajstić information content (AvgIpc) is 2.46. The molecule has 0 aliphatic rings. The topological polar surface area (TPSA) is 74.6 Å². The second-order valence-corrected chi connectivity index (χ2v) is 8.18.